The van der Waals surface area contributed by atoms with Gasteiger partial charge in [0.1, 0.15) is 11.5 Å². The third kappa shape index (κ3) is 10.3. The molecule has 50 heavy (non-hydrogen) atoms. The van der Waals surface area contributed by atoms with Crippen LogP contribution in [0.4, 0.5) is 0 Å². The summed E-state index contributed by atoms with van der Waals surface area (Å²) >= 11 is 0. The summed E-state index contributed by atoms with van der Waals surface area (Å²) in [5, 5.41) is 23.2. The first kappa shape index (κ1) is 37.3. The van der Waals surface area contributed by atoms with E-state index in [0.717, 1.165) is 107 Å². The molecule has 0 aromatic heterocycles. The molecule has 0 radical (unpaired) electrons. The maximum Gasteiger partial charge on any atom is 0.119 e. The number of ether oxygens (including phenoxy) is 2. The SMILES string of the molecule is CC(O)(CN)CNCCCCCCOc1ccc(C(=C2C3CC4CC(C3)CC2C4)c2ccc(OCCCCCCN3CC(C)(O)C3)cc2)cc1. The van der Waals surface area contributed by atoms with E-state index >= 15 is 0 Å². The van der Waals surface area contributed by atoms with E-state index in [9.17, 15) is 10.2 Å². The first-order valence-electron chi connectivity index (χ1n) is 20.0. The number of nitrogens with zero attached hydrogens (tertiary/aromatic N) is 1. The molecule has 7 rings (SSSR count). The van der Waals surface area contributed by atoms with Gasteiger partial charge in [-0.2, -0.15) is 0 Å². The van der Waals surface area contributed by atoms with Crippen molar-refractivity contribution in [1.29, 1.82) is 0 Å². The standard InChI is InChI=1S/C43H65N3O4/c1-42(47,28-44)29-45-19-7-3-5-9-21-49-38-15-11-34(12-16-38)40(41-36-24-32-23-33(26-36)27-37(41)25-32)35-13-17-39(18-14-35)50-22-10-6-4-8-20-46-30-43(2,48)31-46/h11-18,32-33,36-37,45,47-48H,3-10,19-31,44H2,1-2H3. The van der Waals surface area contributed by atoms with E-state index < -0.39 is 11.2 Å². The number of aliphatic hydroxyl groups is 2. The van der Waals surface area contributed by atoms with Gasteiger partial charge >= 0.3 is 0 Å². The summed E-state index contributed by atoms with van der Waals surface area (Å²) in [7, 11) is 0. The van der Waals surface area contributed by atoms with Gasteiger partial charge in [-0.1, -0.05) is 55.5 Å². The zero-order valence-electron chi connectivity index (χ0n) is 31.0. The van der Waals surface area contributed by atoms with E-state index in [-0.39, 0.29) is 6.54 Å². The van der Waals surface area contributed by atoms with Crippen molar-refractivity contribution in [3.8, 4) is 11.5 Å². The zero-order valence-corrected chi connectivity index (χ0v) is 31.0. The van der Waals surface area contributed by atoms with Crippen molar-refractivity contribution in [2.24, 2.45) is 29.4 Å². The minimum absolute atomic E-state index is 0.274. The fraction of sp³-hybridized carbons (Fsp3) is 0.674. The number of benzene rings is 2. The molecule has 1 atom stereocenters. The summed E-state index contributed by atoms with van der Waals surface area (Å²) in [6.07, 6.45) is 16.0. The van der Waals surface area contributed by atoms with E-state index in [0.29, 0.717) is 6.54 Å². The van der Waals surface area contributed by atoms with E-state index in [1.54, 1.807) is 12.5 Å². The molecule has 1 saturated heterocycles. The van der Waals surface area contributed by atoms with Crippen LogP contribution >= 0.6 is 0 Å². The van der Waals surface area contributed by atoms with Gasteiger partial charge in [0, 0.05) is 26.2 Å². The minimum Gasteiger partial charge on any atom is -0.494 e. The predicted octanol–water partition coefficient (Wildman–Crippen LogP) is 7.19. The van der Waals surface area contributed by atoms with Crippen LogP contribution in [0.1, 0.15) is 108 Å². The Labute approximate surface area is 302 Å². The van der Waals surface area contributed by atoms with Crippen molar-refractivity contribution in [1.82, 2.24) is 10.2 Å². The van der Waals surface area contributed by atoms with Crippen molar-refractivity contribution >= 4 is 5.57 Å². The Morgan fingerprint density at radius 1 is 0.780 bits per heavy atom. The molecular weight excluding hydrogens is 622 g/mol. The normalized spacial score (nSPS) is 24.9. The summed E-state index contributed by atoms with van der Waals surface area (Å²) in [6.45, 7) is 9.63. The molecule has 4 aliphatic carbocycles. The number of nitrogens with one attached hydrogen (secondary N) is 1. The highest BCUT2D eigenvalue weighted by molar-refractivity contribution is 5.83. The van der Waals surface area contributed by atoms with Crippen LogP contribution in [0.2, 0.25) is 0 Å². The minimum atomic E-state index is -0.823. The predicted molar refractivity (Wildman–Crippen MR) is 203 cm³/mol. The quantitative estimate of drug-likeness (QED) is 0.103. The van der Waals surface area contributed by atoms with Crippen LogP contribution in [0.3, 0.4) is 0 Å². The molecule has 2 aromatic carbocycles. The van der Waals surface area contributed by atoms with E-state index in [2.05, 4.69) is 58.7 Å². The van der Waals surface area contributed by atoms with Crippen LogP contribution in [-0.2, 0) is 0 Å². The van der Waals surface area contributed by atoms with Gasteiger partial charge in [0.25, 0.3) is 0 Å². The molecule has 5 aliphatic rings. The van der Waals surface area contributed by atoms with Crippen LogP contribution in [0, 0.1) is 23.7 Å². The van der Waals surface area contributed by atoms with Crippen molar-refractivity contribution < 1.29 is 19.7 Å². The molecule has 5 N–H and O–H groups in total. The first-order chi connectivity index (χ1) is 24.2. The van der Waals surface area contributed by atoms with E-state index in [1.807, 2.05) is 6.92 Å². The molecule has 1 unspecified atom stereocenters. The molecule has 5 fully saturated rings. The molecule has 0 spiro atoms. The second-order valence-corrected chi connectivity index (χ2v) is 16.8. The van der Waals surface area contributed by atoms with Gasteiger partial charge in [0.2, 0.25) is 0 Å². The smallest absolute Gasteiger partial charge is 0.119 e. The Hall–Kier alpha value is -2.42. The van der Waals surface area contributed by atoms with E-state index in [1.165, 1.54) is 68.1 Å². The highest BCUT2D eigenvalue weighted by atomic mass is 16.5. The second kappa shape index (κ2) is 17.4. The second-order valence-electron chi connectivity index (χ2n) is 16.8. The van der Waals surface area contributed by atoms with Gasteiger partial charge in [-0.15, -0.1) is 0 Å². The lowest BCUT2D eigenvalue weighted by Crippen LogP contribution is -2.59. The monoisotopic (exact) mass is 687 g/mol. The lowest BCUT2D eigenvalue weighted by atomic mass is 9.53. The lowest BCUT2D eigenvalue weighted by Gasteiger charge is -2.52. The van der Waals surface area contributed by atoms with Gasteiger partial charge < -0.3 is 30.7 Å². The molecule has 1 aliphatic heterocycles. The Kier molecular flexibility index (Phi) is 13.0. The third-order valence-electron chi connectivity index (χ3n) is 11.8. The summed E-state index contributed by atoms with van der Waals surface area (Å²) in [6, 6.07) is 17.9. The maximum absolute atomic E-state index is 9.99. The number of allylic oxidation sites excluding steroid dienone is 1. The summed E-state index contributed by atoms with van der Waals surface area (Å²) in [5.41, 5.74) is 10.1. The molecule has 1 heterocycles. The fourth-order valence-electron chi connectivity index (χ4n) is 9.42. The van der Waals surface area contributed by atoms with Crippen LogP contribution < -0.4 is 20.5 Å². The molecule has 2 aromatic rings. The Morgan fingerprint density at radius 3 is 1.78 bits per heavy atom. The number of hydrogen-bond donors (Lipinski definition) is 4. The summed E-state index contributed by atoms with van der Waals surface area (Å²) < 4.78 is 12.4. The zero-order chi connectivity index (χ0) is 35.0. The van der Waals surface area contributed by atoms with Gasteiger partial charge in [-0.05, 0) is 149 Å². The van der Waals surface area contributed by atoms with Crippen molar-refractivity contribution in [2.75, 3.05) is 52.5 Å². The van der Waals surface area contributed by atoms with Gasteiger partial charge in [0.15, 0.2) is 0 Å². The first-order valence-corrected chi connectivity index (χ1v) is 20.0. The van der Waals surface area contributed by atoms with Crippen LogP contribution in [-0.4, -0.2) is 78.8 Å². The van der Waals surface area contributed by atoms with Crippen LogP contribution in [0.5, 0.6) is 11.5 Å². The van der Waals surface area contributed by atoms with Crippen molar-refractivity contribution in [2.45, 2.75) is 109 Å². The molecule has 4 bridgehead atoms. The number of nitrogens with two attached hydrogens (primary N) is 1. The average molecular weight is 688 g/mol. The van der Waals surface area contributed by atoms with Gasteiger partial charge in [-0.3, -0.25) is 4.90 Å². The maximum atomic E-state index is 9.99. The molecular formula is C43H65N3O4. The largest absolute Gasteiger partial charge is 0.494 e. The highest BCUT2D eigenvalue weighted by Crippen LogP contribution is 2.58. The Bertz CT molecular complexity index is 1330. The molecule has 7 nitrogen and oxygen atoms in total. The number of rotatable bonds is 21. The average Bonchev–Trinajstić information content (AvgIpc) is 3.08. The summed E-state index contributed by atoms with van der Waals surface area (Å²) in [4.78, 5) is 2.34. The molecule has 7 heteroatoms. The molecule has 0 amide bonds. The highest BCUT2D eigenvalue weighted by Gasteiger charge is 2.46. The Morgan fingerprint density at radius 2 is 1.28 bits per heavy atom. The topological polar surface area (TPSA) is 100 Å². The van der Waals surface area contributed by atoms with Gasteiger partial charge in [0.05, 0.1) is 24.4 Å². The number of likely N-dealkylation sites (tertiary alicyclic amines) is 1. The van der Waals surface area contributed by atoms with Crippen molar-refractivity contribution in [3.63, 3.8) is 0 Å². The Balaban J connectivity index is 0.993. The molecule has 4 saturated carbocycles. The third-order valence-corrected chi connectivity index (χ3v) is 11.8. The number of β-amino-alcohol motifs (C(OH)–C–C–N with tert-alkyl or cyclic N) is 1. The van der Waals surface area contributed by atoms with Crippen LogP contribution in [0.15, 0.2) is 54.1 Å². The van der Waals surface area contributed by atoms with Gasteiger partial charge in [-0.25, -0.2) is 0 Å². The number of unbranched alkanes of at least 4 members (excludes halogenated alkanes) is 6. The lowest BCUT2D eigenvalue weighted by molar-refractivity contribution is -0.0833. The van der Waals surface area contributed by atoms with Crippen LogP contribution in [0.25, 0.3) is 5.57 Å². The van der Waals surface area contributed by atoms with Crippen molar-refractivity contribution in [3.05, 3.63) is 65.2 Å². The fourth-order valence-corrected chi connectivity index (χ4v) is 9.42. The van der Waals surface area contributed by atoms with E-state index in [4.69, 9.17) is 15.2 Å². The number of hydrogen-bond acceptors (Lipinski definition) is 7. The summed E-state index contributed by atoms with van der Waals surface area (Å²) in [5.74, 6) is 5.24. The molecule has 276 valence electrons.